The molecule has 2 rings (SSSR count). The van der Waals surface area contributed by atoms with E-state index in [0.29, 0.717) is 10.8 Å². The first-order valence-corrected chi connectivity index (χ1v) is 6.85. The molecule has 2 aromatic rings. The number of carbonyl (C=O) groups is 1. The summed E-state index contributed by atoms with van der Waals surface area (Å²) in [5, 5.41) is 2.81. The smallest absolute Gasteiger partial charge is 0.262 e. The first kappa shape index (κ1) is 14.8. The molecule has 0 saturated carbocycles. The van der Waals surface area contributed by atoms with Gasteiger partial charge in [-0.05, 0) is 30.3 Å². The molecule has 6 heteroatoms. The van der Waals surface area contributed by atoms with Crippen LogP contribution in [0, 0.1) is 5.82 Å². The molecule has 0 atom stereocenters. The van der Waals surface area contributed by atoms with Crippen molar-refractivity contribution in [2.24, 2.45) is 0 Å². The van der Waals surface area contributed by atoms with Crippen LogP contribution in [0.5, 0.6) is 5.75 Å². The summed E-state index contributed by atoms with van der Waals surface area (Å²) in [6.07, 6.45) is 0. The van der Waals surface area contributed by atoms with E-state index in [9.17, 15) is 9.18 Å². The van der Waals surface area contributed by atoms with Gasteiger partial charge in [0.1, 0.15) is 11.6 Å². The molecule has 104 valence electrons. The van der Waals surface area contributed by atoms with Gasteiger partial charge in [-0.25, -0.2) is 4.39 Å². The maximum atomic E-state index is 13.3. The average molecular weight is 359 g/mol. The Morgan fingerprint density at radius 3 is 2.75 bits per heavy atom. The van der Waals surface area contributed by atoms with Gasteiger partial charge >= 0.3 is 0 Å². The molecule has 0 fully saturated rings. The summed E-state index contributed by atoms with van der Waals surface area (Å²) in [5.74, 6) is -0.574. The Balaban J connectivity index is 1.94. The van der Waals surface area contributed by atoms with Crippen LogP contribution in [0.2, 0.25) is 5.02 Å². The van der Waals surface area contributed by atoms with Gasteiger partial charge in [0.2, 0.25) is 0 Å². The summed E-state index contributed by atoms with van der Waals surface area (Å²) in [6, 6.07) is 11.0. The zero-order chi connectivity index (χ0) is 14.5. The molecule has 20 heavy (non-hydrogen) atoms. The second-order valence-electron chi connectivity index (χ2n) is 3.89. The van der Waals surface area contributed by atoms with E-state index in [-0.39, 0.29) is 12.3 Å². The number of carbonyl (C=O) groups excluding carboxylic acids is 1. The molecule has 1 amide bonds. The molecule has 3 nitrogen and oxygen atoms in total. The van der Waals surface area contributed by atoms with Gasteiger partial charge in [-0.3, -0.25) is 4.79 Å². The van der Waals surface area contributed by atoms with Crippen LogP contribution in [0.3, 0.4) is 0 Å². The molecule has 0 unspecified atom stereocenters. The highest BCUT2D eigenvalue weighted by Gasteiger charge is 2.08. The number of nitrogens with one attached hydrogen (secondary N) is 1. The largest absolute Gasteiger partial charge is 0.482 e. The number of ether oxygens (including phenoxy) is 1. The maximum absolute atomic E-state index is 13.3. The Morgan fingerprint density at radius 2 is 2.05 bits per heavy atom. The predicted octanol–water partition coefficient (Wildman–Crippen LogP) is 4.26. The van der Waals surface area contributed by atoms with Gasteiger partial charge in [0.05, 0.1) is 10.7 Å². The summed E-state index contributed by atoms with van der Waals surface area (Å²) >= 11 is 9.22. The average Bonchev–Trinajstić information content (AvgIpc) is 2.40. The van der Waals surface area contributed by atoms with Crippen molar-refractivity contribution in [3.05, 3.63) is 57.8 Å². The van der Waals surface area contributed by atoms with Crippen molar-refractivity contribution in [3.8, 4) is 5.75 Å². The van der Waals surface area contributed by atoms with Gasteiger partial charge in [0.25, 0.3) is 5.91 Å². The Morgan fingerprint density at radius 1 is 1.30 bits per heavy atom. The fourth-order valence-electron chi connectivity index (χ4n) is 1.48. The van der Waals surface area contributed by atoms with Crippen molar-refractivity contribution in [3.63, 3.8) is 0 Å². The molecule has 0 aliphatic rings. The molecular formula is C14H10BrClFNO2. The maximum Gasteiger partial charge on any atom is 0.262 e. The number of para-hydroxylation sites is 1. The van der Waals surface area contributed by atoms with Crippen LogP contribution in [-0.2, 0) is 4.79 Å². The molecule has 2 aromatic carbocycles. The van der Waals surface area contributed by atoms with E-state index in [4.69, 9.17) is 16.3 Å². The van der Waals surface area contributed by atoms with Gasteiger partial charge in [-0.15, -0.1) is 0 Å². The van der Waals surface area contributed by atoms with Crippen LogP contribution < -0.4 is 10.1 Å². The van der Waals surface area contributed by atoms with Crippen molar-refractivity contribution >= 4 is 39.1 Å². The molecule has 0 aromatic heterocycles. The van der Waals surface area contributed by atoms with Crippen molar-refractivity contribution in [2.45, 2.75) is 0 Å². The van der Waals surface area contributed by atoms with E-state index in [1.54, 1.807) is 30.3 Å². The van der Waals surface area contributed by atoms with Crippen molar-refractivity contribution in [2.75, 3.05) is 11.9 Å². The Hall–Kier alpha value is -1.59. The minimum atomic E-state index is -0.498. The minimum absolute atomic E-state index is 0.114. The molecular weight excluding hydrogens is 349 g/mol. The lowest BCUT2D eigenvalue weighted by Crippen LogP contribution is -2.20. The Labute approximate surface area is 128 Å². The number of anilines is 1. The van der Waals surface area contributed by atoms with Crippen molar-refractivity contribution < 1.29 is 13.9 Å². The molecule has 1 N–H and O–H groups in total. The standard InChI is InChI=1S/C14H10BrClFNO2/c15-9-5-6-13(10(16)7-9)20-8-14(19)18-12-4-2-1-3-11(12)17/h1-7H,8H2,(H,18,19). The number of hydrogen-bond donors (Lipinski definition) is 1. The minimum Gasteiger partial charge on any atom is -0.482 e. The lowest BCUT2D eigenvalue weighted by atomic mass is 10.3. The number of rotatable bonds is 4. The van der Waals surface area contributed by atoms with Crippen LogP contribution in [-0.4, -0.2) is 12.5 Å². The summed E-state index contributed by atoms with van der Waals surface area (Å²) < 4.78 is 19.4. The molecule has 0 radical (unpaired) electrons. The quantitative estimate of drug-likeness (QED) is 0.887. The van der Waals surface area contributed by atoms with Crippen LogP contribution in [0.1, 0.15) is 0 Å². The summed E-state index contributed by atoms with van der Waals surface area (Å²) in [5.41, 5.74) is 0.114. The second-order valence-corrected chi connectivity index (χ2v) is 5.21. The number of benzene rings is 2. The first-order valence-electron chi connectivity index (χ1n) is 5.68. The molecule has 0 aliphatic heterocycles. The normalized spacial score (nSPS) is 10.2. The zero-order valence-corrected chi connectivity index (χ0v) is 12.5. The van der Waals surface area contributed by atoms with Crippen LogP contribution in [0.15, 0.2) is 46.9 Å². The summed E-state index contributed by atoms with van der Waals surface area (Å²) in [4.78, 5) is 11.7. The lowest BCUT2D eigenvalue weighted by molar-refractivity contribution is -0.118. The van der Waals surface area contributed by atoms with Crippen LogP contribution >= 0.6 is 27.5 Å². The Bertz CT molecular complexity index is 636. The fraction of sp³-hybridized carbons (Fsp3) is 0.0714. The van der Waals surface area contributed by atoms with Crippen molar-refractivity contribution in [1.29, 1.82) is 0 Å². The predicted molar refractivity (Wildman–Crippen MR) is 79.7 cm³/mol. The number of hydrogen-bond acceptors (Lipinski definition) is 2. The third-order valence-electron chi connectivity index (χ3n) is 2.40. The summed E-state index contributed by atoms with van der Waals surface area (Å²) in [7, 11) is 0. The molecule has 0 heterocycles. The van der Waals surface area contributed by atoms with E-state index < -0.39 is 11.7 Å². The van der Waals surface area contributed by atoms with E-state index in [2.05, 4.69) is 21.2 Å². The molecule has 0 bridgehead atoms. The fourth-order valence-corrected chi connectivity index (χ4v) is 2.21. The number of amides is 1. The van der Waals surface area contributed by atoms with Crippen LogP contribution in [0.4, 0.5) is 10.1 Å². The van der Waals surface area contributed by atoms with Gasteiger partial charge < -0.3 is 10.1 Å². The monoisotopic (exact) mass is 357 g/mol. The van der Waals surface area contributed by atoms with Gasteiger partial charge in [-0.1, -0.05) is 39.7 Å². The molecule has 0 aliphatic carbocycles. The topological polar surface area (TPSA) is 38.3 Å². The third-order valence-corrected chi connectivity index (χ3v) is 3.19. The van der Waals surface area contributed by atoms with E-state index in [1.807, 2.05) is 0 Å². The van der Waals surface area contributed by atoms with Gasteiger partial charge in [0, 0.05) is 4.47 Å². The number of halogens is 3. The first-order chi connectivity index (χ1) is 9.56. The zero-order valence-electron chi connectivity index (χ0n) is 10.2. The molecule has 0 saturated heterocycles. The Kier molecular flexibility index (Phi) is 4.98. The SMILES string of the molecule is O=C(COc1ccc(Br)cc1Cl)Nc1ccccc1F. The highest BCUT2D eigenvalue weighted by Crippen LogP contribution is 2.27. The van der Waals surface area contributed by atoms with E-state index in [1.165, 1.54) is 12.1 Å². The highest BCUT2D eigenvalue weighted by atomic mass is 79.9. The molecule has 0 spiro atoms. The second kappa shape index (κ2) is 6.72. The van der Waals surface area contributed by atoms with Gasteiger partial charge in [-0.2, -0.15) is 0 Å². The summed E-state index contributed by atoms with van der Waals surface area (Å²) in [6.45, 7) is -0.254. The van der Waals surface area contributed by atoms with Crippen LogP contribution in [0.25, 0.3) is 0 Å². The van der Waals surface area contributed by atoms with E-state index >= 15 is 0 Å². The lowest BCUT2D eigenvalue weighted by Gasteiger charge is -2.09. The van der Waals surface area contributed by atoms with Gasteiger partial charge in [0.15, 0.2) is 6.61 Å². The van der Waals surface area contributed by atoms with Crippen molar-refractivity contribution in [1.82, 2.24) is 0 Å². The van der Waals surface area contributed by atoms with E-state index in [0.717, 1.165) is 4.47 Å². The highest BCUT2D eigenvalue weighted by molar-refractivity contribution is 9.10. The third kappa shape index (κ3) is 3.95.